The first-order valence-corrected chi connectivity index (χ1v) is 10.2. The molecule has 33 heavy (non-hydrogen) atoms. The topological polar surface area (TPSA) is 122 Å². The Kier molecular flexibility index (Phi) is 7.28. The number of allylic oxidation sites excluding steroid dienone is 1. The Morgan fingerprint density at radius 3 is 2.58 bits per heavy atom. The van der Waals surface area contributed by atoms with Crippen LogP contribution >= 0.6 is 0 Å². The minimum absolute atomic E-state index is 0.00713. The fraction of sp³-hybridized carbons (Fsp3) is 0.409. The van der Waals surface area contributed by atoms with Crippen molar-refractivity contribution in [2.75, 3.05) is 20.1 Å². The number of hydrogen-bond acceptors (Lipinski definition) is 7. The summed E-state index contributed by atoms with van der Waals surface area (Å²) in [5, 5.41) is 34.6. The van der Waals surface area contributed by atoms with Gasteiger partial charge in [-0.2, -0.15) is 18.4 Å². The average Bonchev–Trinajstić information content (AvgIpc) is 3.28. The van der Waals surface area contributed by atoms with E-state index in [1.54, 1.807) is 11.0 Å². The van der Waals surface area contributed by atoms with Crippen molar-refractivity contribution in [3.63, 3.8) is 0 Å². The van der Waals surface area contributed by atoms with E-state index in [-0.39, 0.29) is 29.6 Å². The molecule has 174 valence electrons. The molecule has 0 saturated carbocycles. The fourth-order valence-corrected chi connectivity index (χ4v) is 3.75. The molecule has 2 aromatic rings. The molecular weight excluding hydrogens is 437 g/mol. The van der Waals surface area contributed by atoms with Gasteiger partial charge in [0.2, 0.25) is 5.89 Å². The number of aromatic nitrogens is 2. The monoisotopic (exact) mass is 460 g/mol. The molecule has 2 N–H and O–H groups in total. The fourth-order valence-electron chi connectivity index (χ4n) is 3.75. The lowest BCUT2D eigenvalue weighted by Gasteiger charge is -2.38. The molecule has 1 aliphatic rings. The lowest BCUT2D eigenvalue weighted by Crippen LogP contribution is -2.43. The molecule has 1 aliphatic heterocycles. The summed E-state index contributed by atoms with van der Waals surface area (Å²) >= 11 is 0. The average molecular weight is 460 g/mol. The van der Waals surface area contributed by atoms with Gasteiger partial charge < -0.3 is 14.4 Å². The molecule has 1 aromatic carbocycles. The van der Waals surface area contributed by atoms with Gasteiger partial charge in [0.05, 0.1) is 17.0 Å². The molecule has 0 bridgehead atoms. The van der Waals surface area contributed by atoms with Gasteiger partial charge in [-0.15, -0.1) is 10.2 Å². The Bertz CT molecular complexity index is 1090. The minimum Gasteiger partial charge on any atom is -0.417 e. The van der Waals surface area contributed by atoms with Crippen LogP contribution in [0.1, 0.15) is 35.7 Å². The van der Waals surface area contributed by atoms with Crippen molar-refractivity contribution in [3.8, 4) is 6.07 Å². The minimum atomic E-state index is -4.48. The number of aliphatic imine (C=N–C) groups is 1. The zero-order valence-electron chi connectivity index (χ0n) is 17.9. The Labute approximate surface area is 188 Å². The molecular formula is C22H23F3N6O2. The van der Waals surface area contributed by atoms with Gasteiger partial charge in [-0.3, -0.25) is 10.4 Å². The predicted molar refractivity (Wildman–Crippen MR) is 114 cm³/mol. The van der Waals surface area contributed by atoms with Crippen molar-refractivity contribution < 1.29 is 22.7 Å². The number of benzene rings is 1. The van der Waals surface area contributed by atoms with Gasteiger partial charge in [0.1, 0.15) is 18.2 Å². The van der Waals surface area contributed by atoms with Gasteiger partial charge in [0, 0.05) is 20.1 Å². The van der Waals surface area contributed by atoms with E-state index in [1.165, 1.54) is 31.3 Å². The second kappa shape index (κ2) is 9.95. The van der Waals surface area contributed by atoms with Crippen LogP contribution in [0.15, 0.2) is 45.8 Å². The molecule has 0 radical (unpaired) electrons. The van der Waals surface area contributed by atoms with E-state index in [1.807, 2.05) is 0 Å². The predicted octanol–water partition coefficient (Wildman–Crippen LogP) is 3.38. The summed E-state index contributed by atoms with van der Waals surface area (Å²) in [6.07, 6.45) is -0.760. The number of rotatable bonds is 6. The third kappa shape index (κ3) is 5.64. The molecule has 1 fully saturated rings. The van der Waals surface area contributed by atoms with E-state index in [2.05, 4.69) is 21.3 Å². The number of likely N-dealkylation sites (tertiary alicyclic amines) is 1. The Balaban J connectivity index is 1.66. The highest BCUT2D eigenvalue weighted by Crippen LogP contribution is 2.39. The Morgan fingerprint density at radius 2 is 2.00 bits per heavy atom. The van der Waals surface area contributed by atoms with Crippen LogP contribution in [0.5, 0.6) is 0 Å². The molecule has 0 amide bonds. The number of aliphatic hydroxyl groups excluding tert-OH is 1. The molecule has 11 heteroatoms. The molecule has 1 saturated heterocycles. The van der Waals surface area contributed by atoms with Crippen molar-refractivity contribution >= 4 is 11.5 Å². The van der Waals surface area contributed by atoms with Gasteiger partial charge >= 0.3 is 6.18 Å². The number of halogens is 3. The first-order chi connectivity index (χ1) is 15.7. The standard InChI is InChI=1S/C22H23F3N6O2/c1-28-17(20-30-29-19(13-32)33-20)6-7-18(27)31-10-8-21(14-26,9-11-31)12-15-4-2-3-5-16(15)22(23,24)25/h2-7,27,32H,8-13H2,1H3/b7-6-,27-18?,28-17?. The van der Waals surface area contributed by atoms with Crippen LogP contribution < -0.4 is 0 Å². The first-order valence-electron chi connectivity index (χ1n) is 10.2. The maximum Gasteiger partial charge on any atom is 0.416 e. The molecule has 1 aromatic heterocycles. The quantitative estimate of drug-likeness (QED) is 0.503. The highest BCUT2D eigenvalue weighted by Gasteiger charge is 2.39. The smallest absolute Gasteiger partial charge is 0.416 e. The van der Waals surface area contributed by atoms with Crippen LogP contribution in [0.25, 0.3) is 0 Å². The Morgan fingerprint density at radius 1 is 1.30 bits per heavy atom. The molecule has 0 atom stereocenters. The lowest BCUT2D eigenvalue weighted by molar-refractivity contribution is -0.138. The van der Waals surface area contributed by atoms with Crippen LogP contribution in [-0.2, 0) is 19.2 Å². The Hall–Kier alpha value is -3.52. The van der Waals surface area contributed by atoms with E-state index >= 15 is 0 Å². The van der Waals surface area contributed by atoms with E-state index in [9.17, 15) is 18.4 Å². The van der Waals surface area contributed by atoms with Crippen molar-refractivity contribution in [3.05, 3.63) is 59.3 Å². The summed E-state index contributed by atoms with van der Waals surface area (Å²) < 4.78 is 45.3. The number of hydrogen-bond donors (Lipinski definition) is 2. The summed E-state index contributed by atoms with van der Waals surface area (Å²) in [6.45, 7) is 0.322. The number of nitriles is 1. The summed E-state index contributed by atoms with van der Waals surface area (Å²) in [4.78, 5) is 5.79. The van der Waals surface area contributed by atoms with Crippen molar-refractivity contribution in [2.45, 2.75) is 32.0 Å². The zero-order valence-corrected chi connectivity index (χ0v) is 17.9. The lowest BCUT2D eigenvalue weighted by atomic mass is 9.74. The van der Waals surface area contributed by atoms with Crippen molar-refractivity contribution in [1.29, 1.82) is 10.7 Å². The van der Waals surface area contributed by atoms with E-state index < -0.39 is 23.8 Å². The number of alkyl halides is 3. The molecule has 2 heterocycles. The van der Waals surface area contributed by atoms with Crippen molar-refractivity contribution in [1.82, 2.24) is 15.1 Å². The van der Waals surface area contributed by atoms with Crippen molar-refractivity contribution in [2.24, 2.45) is 10.4 Å². The summed E-state index contributed by atoms with van der Waals surface area (Å²) in [5.41, 5.74) is -1.20. The summed E-state index contributed by atoms with van der Waals surface area (Å²) in [5.74, 6) is 0.321. The third-order valence-electron chi connectivity index (χ3n) is 5.61. The normalized spacial score (nSPS) is 16.7. The molecule has 3 rings (SSSR count). The van der Waals surface area contributed by atoms with E-state index in [4.69, 9.17) is 14.9 Å². The van der Waals surface area contributed by atoms with Gasteiger partial charge in [-0.25, -0.2) is 0 Å². The highest BCUT2D eigenvalue weighted by atomic mass is 19.4. The second-order valence-corrected chi connectivity index (χ2v) is 7.70. The van der Waals surface area contributed by atoms with Crippen LogP contribution in [0.2, 0.25) is 0 Å². The SMILES string of the molecule is CN=C(/C=C\C(=N)N1CCC(C#N)(Cc2ccccc2C(F)(F)F)CC1)c1nnc(CO)o1. The van der Waals surface area contributed by atoms with Crippen LogP contribution in [-0.4, -0.2) is 51.9 Å². The molecule has 0 spiro atoms. The third-order valence-corrected chi connectivity index (χ3v) is 5.61. The van der Waals surface area contributed by atoms with E-state index in [0.717, 1.165) is 6.07 Å². The van der Waals surface area contributed by atoms with Crippen LogP contribution in [0, 0.1) is 22.2 Å². The number of aliphatic hydroxyl groups is 1. The number of amidine groups is 1. The van der Waals surface area contributed by atoms with Crippen LogP contribution in [0.3, 0.4) is 0 Å². The summed E-state index contributed by atoms with van der Waals surface area (Å²) in [7, 11) is 1.52. The number of nitrogens with zero attached hydrogens (tertiary/aromatic N) is 5. The zero-order chi connectivity index (χ0) is 24.1. The number of nitrogens with one attached hydrogen (secondary N) is 1. The maximum atomic E-state index is 13.4. The molecule has 8 nitrogen and oxygen atoms in total. The summed E-state index contributed by atoms with van der Waals surface area (Å²) in [6, 6.07) is 7.59. The molecule has 0 aliphatic carbocycles. The van der Waals surface area contributed by atoms with Gasteiger partial charge in [-0.1, -0.05) is 18.2 Å². The highest BCUT2D eigenvalue weighted by molar-refractivity contribution is 6.08. The number of piperidine rings is 1. The first kappa shape index (κ1) is 24.1. The maximum absolute atomic E-state index is 13.4. The van der Waals surface area contributed by atoms with Crippen LogP contribution in [0.4, 0.5) is 13.2 Å². The molecule has 0 unspecified atom stereocenters. The van der Waals surface area contributed by atoms with Gasteiger partial charge in [-0.05, 0) is 43.0 Å². The largest absolute Gasteiger partial charge is 0.417 e. The second-order valence-electron chi connectivity index (χ2n) is 7.70. The van der Waals surface area contributed by atoms with E-state index in [0.29, 0.717) is 31.6 Å². The van der Waals surface area contributed by atoms with Gasteiger partial charge in [0.25, 0.3) is 5.89 Å². The van der Waals surface area contributed by atoms with Gasteiger partial charge in [0.15, 0.2) is 0 Å².